The average molecular weight is 378 g/mol. The lowest BCUT2D eigenvalue weighted by atomic mass is 10.1. The van der Waals surface area contributed by atoms with Crippen LogP contribution in [0.4, 0.5) is 11.5 Å². The predicted molar refractivity (Wildman–Crippen MR) is 109 cm³/mol. The van der Waals surface area contributed by atoms with E-state index in [9.17, 15) is 9.59 Å². The molecule has 3 heterocycles. The van der Waals surface area contributed by atoms with Gasteiger partial charge in [-0.25, -0.2) is 4.98 Å². The normalized spacial score (nSPS) is 20.0. The maximum atomic E-state index is 13.0. The molecule has 2 aromatic rings. The van der Waals surface area contributed by atoms with E-state index in [0.29, 0.717) is 26.1 Å². The van der Waals surface area contributed by atoms with Crippen LogP contribution in [0.1, 0.15) is 17.5 Å². The van der Waals surface area contributed by atoms with E-state index in [2.05, 4.69) is 16.0 Å². The zero-order chi connectivity index (χ0) is 19.7. The van der Waals surface area contributed by atoms with Crippen molar-refractivity contribution in [3.63, 3.8) is 0 Å². The molecule has 6 nitrogen and oxygen atoms in total. The summed E-state index contributed by atoms with van der Waals surface area (Å²) in [7, 11) is 0. The molecule has 1 aromatic heterocycles. The predicted octanol–water partition coefficient (Wildman–Crippen LogP) is 2.40. The molecule has 6 heteroatoms. The lowest BCUT2D eigenvalue weighted by Gasteiger charge is -2.36. The van der Waals surface area contributed by atoms with Crippen LogP contribution in [0.2, 0.25) is 0 Å². The van der Waals surface area contributed by atoms with Crippen molar-refractivity contribution in [2.45, 2.75) is 20.3 Å². The van der Waals surface area contributed by atoms with E-state index in [-0.39, 0.29) is 17.7 Å². The molecule has 146 valence electrons. The highest BCUT2D eigenvalue weighted by Gasteiger charge is 2.38. The Kier molecular flexibility index (Phi) is 5.03. The molecule has 1 unspecified atom stereocenters. The molecule has 1 aromatic carbocycles. The Morgan fingerprint density at radius 3 is 2.54 bits per heavy atom. The Morgan fingerprint density at radius 2 is 1.86 bits per heavy atom. The Labute approximate surface area is 165 Å². The van der Waals surface area contributed by atoms with Gasteiger partial charge in [0.1, 0.15) is 5.82 Å². The maximum absolute atomic E-state index is 13.0. The summed E-state index contributed by atoms with van der Waals surface area (Å²) in [6.07, 6.45) is 2.09. The zero-order valence-corrected chi connectivity index (χ0v) is 16.5. The van der Waals surface area contributed by atoms with Crippen molar-refractivity contribution in [2.75, 3.05) is 42.5 Å². The van der Waals surface area contributed by atoms with Crippen molar-refractivity contribution in [1.82, 2.24) is 9.88 Å². The van der Waals surface area contributed by atoms with Crippen LogP contribution in [0.5, 0.6) is 0 Å². The van der Waals surface area contributed by atoms with E-state index in [1.165, 1.54) is 5.56 Å². The lowest BCUT2D eigenvalue weighted by molar-refractivity contribution is -0.136. The zero-order valence-electron chi connectivity index (χ0n) is 16.5. The molecule has 0 radical (unpaired) electrons. The third-order valence-corrected chi connectivity index (χ3v) is 5.68. The van der Waals surface area contributed by atoms with Gasteiger partial charge in [-0.05, 0) is 37.6 Å². The summed E-state index contributed by atoms with van der Waals surface area (Å²) in [6, 6.07) is 12.0. The van der Waals surface area contributed by atoms with Crippen LogP contribution in [-0.2, 0) is 9.59 Å². The van der Waals surface area contributed by atoms with Gasteiger partial charge in [0.2, 0.25) is 11.8 Å². The van der Waals surface area contributed by atoms with Crippen molar-refractivity contribution in [1.29, 1.82) is 0 Å². The molecule has 2 aliphatic rings. The lowest BCUT2D eigenvalue weighted by Crippen LogP contribution is -2.51. The fourth-order valence-electron chi connectivity index (χ4n) is 4.17. The van der Waals surface area contributed by atoms with Crippen molar-refractivity contribution in [3.05, 3.63) is 53.7 Å². The first-order valence-corrected chi connectivity index (χ1v) is 9.85. The molecule has 0 bridgehead atoms. The van der Waals surface area contributed by atoms with Gasteiger partial charge in [-0.2, -0.15) is 0 Å². The highest BCUT2D eigenvalue weighted by atomic mass is 16.2. The smallest absolute Gasteiger partial charge is 0.228 e. The van der Waals surface area contributed by atoms with Gasteiger partial charge in [0.25, 0.3) is 0 Å². The molecule has 2 fully saturated rings. The van der Waals surface area contributed by atoms with Gasteiger partial charge in [0, 0.05) is 51.0 Å². The van der Waals surface area contributed by atoms with Crippen LogP contribution < -0.4 is 9.80 Å². The van der Waals surface area contributed by atoms with Crippen LogP contribution in [0.15, 0.2) is 42.6 Å². The number of amides is 2. The molecule has 0 spiro atoms. The second-order valence-corrected chi connectivity index (χ2v) is 7.70. The SMILES string of the molecule is Cc1ccc(N2CC(C(=O)N3CCN(c4ccccn4)CC3)CC2=O)c(C)c1. The first-order valence-electron chi connectivity index (χ1n) is 9.85. The minimum atomic E-state index is -0.255. The molecule has 28 heavy (non-hydrogen) atoms. The number of hydrogen-bond donors (Lipinski definition) is 0. The second-order valence-electron chi connectivity index (χ2n) is 7.70. The minimum absolute atomic E-state index is 0.0393. The van der Waals surface area contributed by atoms with Crippen LogP contribution >= 0.6 is 0 Å². The molecule has 0 saturated carbocycles. The third-order valence-electron chi connectivity index (χ3n) is 5.68. The van der Waals surface area contributed by atoms with E-state index < -0.39 is 0 Å². The molecule has 0 N–H and O–H groups in total. The summed E-state index contributed by atoms with van der Waals surface area (Å²) < 4.78 is 0. The highest BCUT2D eigenvalue weighted by Crippen LogP contribution is 2.29. The number of carbonyl (C=O) groups is 2. The summed E-state index contributed by atoms with van der Waals surface area (Å²) in [5, 5.41) is 0. The van der Waals surface area contributed by atoms with Gasteiger partial charge in [-0.3, -0.25) is 9.59 Å². The number of carbonyl (C=O) groups excluding carboxylic acids is 2. The van der Waals surface area contributed by atoms with Gasteiger partial charge >= 0.3 is 0 Å². The number of hydrogen-bond acceptors (Lipinski definition) is 4. The Morgan fingerprint density at radius 1 is 1.07 bits per heavy atom. The number of piperazine rings is 1. The molecule has 2 amide bonds. The van der Waals surface area contributed by atoms with E-state index in [4.69, 9.17) is 0 Å². The number of aromatic nitrogens is 1. The van der Waals surface area contributed by atoms with Gasteiger partial charge < -0.3 is 14.7 Å². The van der Waals surface area contributed by atoms with E-state index in [1.807, 2.05) is 49.1 Å². The van der Waals surface area contributed by atoms with Gasteiger partial charge in [-0.1, -0.05) is 23.8 Å². The summed E-state index contributed by atoms with van der Waals surface area (Å²) in [5.74, 6) is 0.833. The first-order chi connectivity index (χ1) is 13.5. The number of nitrogens with zero attached hydrogens (tertiary/aromatic N) is 4. The van der Waals surface area contributed by atoms with Gasteiger partial charge in [0.05, 0.1) is 5.92 Å². The first kappa shape index (κ1) is 18.5. The third kappa shape index (κ3) is 3.59. The van der Waals surface area contributed by atoms with Crippen LogP contribution in [0, 0.1) is 19.8 Å². The quantitative estimate of drug-likeness (QED) is 0.823. The van der Waals surface area contributed by atoms with E-state index in [1.54, 1.807) is 11.1 Å². The largest absolute Gasteiger partial charge is 0.353 e. The van der Waals surface area contributed by atoms with Crippen molar-refractivity contribution in [3.8, 4) is 0 Å². The summed E-state index contributed by atoms with van der Waals surface area (Å²) >= 11 is 0. The topological polar surface area (TPSA) is 56.8 Å². The van der Waals surface area contributed by atoms with Crippen LogP contribution in [-0.4, -0.2) is 54.4 Å². The molecule has 0 aliphatic carbocycles. The summed E-state index contributed by atoms with van der Waals surface area (Å²) in [5.41, 5.74) is 3.17. The van der Waals surface area contributed by atoms with E-state index in [0.717, 1.165) is 30.2 Å². The molecular weight excluding hydrogens is 352 g/mol. The van der Waals surface area contributed by atoms with Crippen LogP contribution in [0.25, 0.3) is 0 Å². The van der Waals surface area contributed by atoms with Gasteiger partial charge in [0.15, 0.2) is 0 Å². The Hall–Kier alpha value is -2.89. The number of anilines is 2. The van der Waals surface area contributed by atoms with Gasteiger partial charge in [-0.15, -0.1) is 0 Å². The monoisotopic (exact) mass is 378 g/mol. The summed E-state index contributed by atoms with van der Waals surface area (Å²) in [4.78, 5) is 35.9. The highest BCUT2D eigenvalue weighted by molar-refractivity contribution is 6.00. The second kappa shape index (κ2) is 7.62. The maximum Gasteiger partial charge on any atom is 0.228 e. The van der Waals surface area contributed by atoms with Crippen molar-refractivity contribution >= 4 is 23.3 Å². The Balaban J connectivity index is 1.39. The molecule has 2 saturated heterocycles. The molecule has 2 aliphatic heterocycles. The fraction of sp³-hybridized carbons (Fsp3) is 0.409. The molecular formula is C22H26N4O2. The number of aryl methyl sites for hydroxylation is 2. The minimum Gasteiger partial charge on any atom is -0.353 e. The Bertz CT molecular complexity index is 875. The average Bonchev–Trinajstić information content (AvgIpc) is 3.10. The molecule has 1 atom stereocenters. The molecule has 4 rings (SSSR count). The van der Waals surface area contributed by atoms with E-state index >= 15 is 0 Å². The van der Waals surface area contributed by atoms with Crippen molar-refractivity contribution < 1.29 is 9.59 Å². The van der Waals surface area contributed by atoms with Crippen LogP contribution in [0.3, 0.4) is 0 Å². The number of rotatable bonds is 3. The van der Waals surface area contributed by atoms with Crippen molar-refractivity contribution in [2.24, 2.45) is 5.92 Å². The standard InChI is InChI=1S/C22H26N4O2/c1-16-6-7-19(17(2)13-16)26-15-18(14-21(26)27)22(28)25-11-9-24(10-12-25)20-5-3-4-8-23-20/h3-8,13,18H,9-12,14-15H2,1-2H3. The number of benzene rings is 1. The summed E-state index contributed by atoms with van der Waals surface area (Å²) in [6.45, 7) is 7.41. The number of pyridine rings is 1. The fourth-order valence-corrected chi connectivity index (χ4v) is 4.17.